The fourth-order valence-electron chi connectivity index (χ4n) is 3.52. The fraction of sp³-hybridized carbons (Fsp3) is 0.348. The van der Waals surface area contributed by atoms with Crippen molar-refractivity contribution in [1.82, 2.24) is 10.3 Å². The Kier molecular flexibility index (Phi) is 8.04. The predicted molar refractivity (Wildman–Crippen MR) is 124 cm³/mol. The molecule has 2 atom stereocenters. The van der Waals surface area contributed by atoms with Gasteiger partial charge in [-0.05, 0) is 50.5 Å². The first-order chi connectivity index (χ1) is 15.8. The van der Waals surface area contributed by atoms with Crippen LogP contribution in [0.25, 0.3) is 0 Å². The lowest BCUT2D eigenvalue weighted by Gasteiger charge is -2.36. The number of nitrogens with one attached hydrogen (secondary N) is 1. The number of hydrazone groups is 1. The van der Waals surface area contributed by atoms with Gasteiger partial charge in [0.15, 0.2) is 0 Å². The number of oxime groups is 1. The molecule has 1 unspecified atom stereocenters. The molecule has 1 aliphatic heterocycles. The molecular formula is C23H26F2N4O3S. The van der Waals surface area contributed by atoms with Crippen LogP contribution in [0.15, 0.2) is 58.8 Å². The molecule has 7 nitrogen and oxygen atoms in total. The van der Waals surface area contributed by atoms with Gasteiger partial charge in [-0.15, -0.1) is 0 Å². The van der Waals surface area contributed by atoms with Crippen LogP contribution in [0.5, 0.6) is 0 Å². The highest BCUT2D eigenvalue weighted by Gasteiger charge is 2.49. The maximum atomic E-state index is 14.6. The zero-order valence-electron chi connectivity index (χ0n) is 18.6. The summed E-state index contributed by atoms with van der Waals surface area (Å²) in [6.07, 6.45) is -0.336. The number of rotatable bonds is 8. The van der Waals surface area contributed by atoms with Gasteiger partial charge < -0.3 is 15.3 Å². The van der Waals surface area contributed by atoms with Crippen molar-refractivity contribution in [2.24, 2.45) is 10.3 Å². The highest BCUT2D eigenvalue weighted by atomic mass is 32.2. The third-order valence-electron chi connectivity index (χ3n) is 5.05. The van der Waals surface area contributed by atoms with E-state index < -0.39 is 28.5 Å². The first-order valence-electron chi connectivity index (χ1n) is 10.4. The van der Waals surface area contributed by atoms with Gasteiger partial charge >= 0.3 is 0 Å². The van der Waals surface area contributed by atoms with Crippen molar-refractivity contribution in [2.45, 2.75) is 37.7 Å². The first kappa shape index (κ1) is 24.7. The lowest BCUT2D eigenvalue weighted by Crippen LogP contribution is -2.45. The van der Waals surface area contributed by atoms with Crippen LogP contribution < -0.4 is 5.32 Å². The Balaban J connectivity index is 2.01. The maximum Gasteiger partial charge on any atom is 0.272 e. The number of benzene rings is 2. The molecule has 2 aromatic rings. The number of amidine groups is 1. The summed E-state index contributed by atoms with van der Waals surface area (Å²) in [6, 6.07) is 12.3. The Bertz CT molecular complexity index is 1050. The van der Waals surface area contributed by atoms with E-state index in [4.69, 9.17) is 4.84 Å². The average Bonchev–Trinajstić information content (AvgIpc) is 3.19. The Hall–Kier alpha value is -2.98. The topological polar surface area (TPSA) is 86.5 Å². The largest absolute Gasteiger partial charge is 0.398 e. The first-order valence-corrected chi connectivity index (χ1v) is 11.2. The SMILES string of the molecule is CO/N=C(\C)NCCCC1(c2ccccc2)SC(c2cc(F)ccc2F)=NN1C(=O)[C@H](C)O. The molecule has 0 saturated heterocycles. The molecule has 2 aromatic carbocycles. The van der Waals surface area contributed by atoms with Crippen LogP contribution in [0.2, 0.25) is 0 Å². The van der Waals surface area contributed by atoms with Gasteiger partial charge in [-0.3, -0.25) is 4.79 Å². The molecule has 0 bridgehead atoms. The number of hydrogen-bond donors (Lipinski definition) is 2. The lowest BCUT2D eigenvalue weighted by molar-refractivity contribution is -0.143. The van der Waals surface area contributed by atoms with Crippen molar-refractivity contribution >= 4 is 28.5 Å². The van der Waals surface area contributed by atoms with E-state index in [-0.39, 0.29) is 10.6 Å². The van der Waals surface area contributed by atoms with Gasteiger partial charge in [0.25, 0.3) is 5.91 Å². The Morgan fingerprint density at radius 3 is 2.70 bits per heavy atom. The van der Waals surface area contributed by atoms with Crippen molar-refractivity contribution in [1.29, 1.82) is 0 Å². The zero-order chi connectivity index (χ0) is 24.0. The molecule has 176 valence electrons. The number of nitrogens with zero attached hydrogens (tertiary/aromatic N) is 3. The van der Waals surface area contributed by atoms with Crippen molar-refractivity contribution in [2.75, 3.05) is 13.7 Å². The van der Waals surface area contributed by atoms with Crippen LogP contribution in [0, 0.1) is 11.6 Å². The Morgan fingerprint density at radius 1 is 1.30 bits per heavy atom. The van der Waals surface area contributed by atoms with Crippen LogP contribution in [0.3, 0.4) is 0 Å². The summed E-state index contributed by atoms with van der Waals surface area (Å²) < 4.78 is 28.5. The van der Waals surface area contributed by atoms with Gasteiger partial charge in [0.05, 0.1) is 0 Å². The zero-order valence-corrected chi connectivity index (χ0v) is 19.4. The molecule has 33 heavy (non-hydrogen) atoms. The van der Waals surface area contributed by atoms with E-state index in [1.54, 1.807) is 6.92 Å². The van der Waals surface area contributed by atoms with Crippen molar-refractivity contribution in [3.05, 3.63) is 71.3 Å². The van der Waals surface area contributed by atoms with E-state index in [1.165, 1.54) is 19.0 Å². The van der Waals surface area contributed by atoms with E-state index in [0.29, 0.717) is 25.2 Å². The molecule has 1 heterocycles. The lowest BCUT2D eigenvalue weighted by atomic mass is 9.99. The molecule has 0 aliphatic carbocycles. The maximum absolute atomic E-state index is 14.6. The second-order valence-corrected chi connectivity index (χ2v) is 8.76. The number of amides is 1. The van der Waals surface area contributed by atoms with E-state index in [1.807, 2.05) is 30.3 Å². The average molecular weight is 477 g/mol. The summed E-state index contributed by atoms with van der Waals surface area (Å²) in [6.45, 7) is 3.64. The molecule has 2 N–H and O–H groups in total. The summed E-state index contributed by atoms with van der Waals surface area (Å²) in [5.74, 6) is -1.30. The highest BCUT2D eigenvalue weighted by molar-refractivity contribution is 8.15. The van der Waals surface area contributed by atoms with Crippen LogP contribution in [0.1, 0.15) is 37.8 Å². The van der Waals surface area contributed by atoms with Gasteiger partial charge in [0.1, 0.15) is 40.6 Å². The molecule has 1 amide bonds. The quantitative estimate of drug-likeness (QED) is 0.262. The van der Waals surface area contributed by atoms with Crippen LogP contribution in [-0.4, -0.2) is 46.7 Å². The third kappa shape index (κ3) is 5.51. The summed E-state index contributed by atoms with van der Waals surface area (Å²) >= 11 is 1.16. The monoisotopic (exact) mass is 476 g/mol. The van der Waals surface area contributed by atoms with Crippen molar-refractivity contribution in [3.8, 4) is 0 Å². The van der Waals surface area contributed by atoms with E-state index >= 15 is 0 Å². The van der Waals surface area contributed by atoms with E-state index in [9.17, 15) is 18.7 Å². The number of aliphatic hydroxyl groups excluding tert-OH is 1. The highest BCUT2D eigenvalue weighted by Crippen LogP contribution is 2.50. The van der Waals surface area contributed by atoms with Crippen molar-refractivity contribution < 1.29 is 23.5 Å². The molecule has 0 saturated carbocycles. The summed E-state index contributed by atoms with van der Waals surface area (Å²) in [4.78, 5) is 16.7. The molecule has 10 heteroatoms. The van der Waals surface area contributed by atoms with Gasteiger partial charge in [-0.25, -0.2) is 13.8 Å². The molecular weight excluding hydrogens is 450 g/mol. The number of carbonyl (C=O) groups is 1. The summed E-state index contributed by atoms with van der Waals surface area (Å²) in [7, 11) is 1.45. The fourth-order valence-corrected chi connectivity index (χ4v) is 4.94. The minimum atomic E-state index is -1.33. The van der Waals surface area contributed by atoms with Gasteiger partial charge in [0, 0.05) is 12.1 Å². The normalized spacial score (nSPS) is 19.3. The van der Waals surface area contributed by atoms with Gasteiger partial charge in [-0.1, -0.05) is 47.2 Å². The molecule has 1 aliphatic rings. The van der Waals surface area contributed by atoms with Crippen LogP contribution in [-0.2, 0) is 14.5 Å². The number of hydrogen-bond acceptors (Lipinski definition) is 6. The second-order valence-electron chi connectivity index (χ2n) is 7.50. The standard InChI is InChI=1S/C23H26F2N4O3S/c1-15(30)22(31)29-23(17-8-5-4-6-9-17,12-7-13-26-16(2)28-32-3)33-21(27-29)19-14-18(24)10-11-20(19)25/h4-6,8-11,14-15,30H,7,12-13H2,1-3H3,(H,26,28)/t15-,23?/m0/s1. The third-order valence-corrected chi connectivity index (χ3v) is 6.50. The van der Waals surface area contributed by atoms with E-state index in [2.05, 4.69) is 15.6 Å². The van der Waals surface area contributed by atoms with Crippen LogP contribution in [0.4, 0.5) is 8.78 Å². The predicted octanol–water partition coefficient (Wildman–Crippen LogP) is 3.79. The van der Waals surface area contributed by atoms with Crippen LogP contribution >= 0.6 is 11.8 Å². The van der Waals surface area contributed by atoms with Gasteiger partial charge in [-0.2, -0.15) is 5.10 Å². The Labute approximate surface area is 195 Å². The molecule has 0 aromatic heterocycles. The number of thioether (sulfide) groups is 1. The minimum Gasteiger partial charge on any atom is -0.398 e. The minimum absolute atomic E-state index is 0.0394. The molecule has 0 spiro atoms. The second kappa shape index (κ2) is 10.8. The van der Waals surface area contributed by atoms with Gasteiger partial charge in [0.2, 0.25) is 0 Å². The molecule has 0 radical (unpaired) electrons. The smallest absolute Gasteiger partial charge is 0.272 e. The van der Waals surface area contributed by atoms with E-state index in [0.717, 1.165) is 35.5 Å². The number of aliphatic hydroxyl groups is 1. The Morgan fingerprint density at radius 2 is 2.03 bits per heavy atom. The molecule has 3 rings (SSSR count). The molecule has 0 fully saturated rings. The van der Waals surface area contributed by atoms with Crippen molar-refractivity contribution in [3.63, 3.8) is 0 Å². The number of carbonyl (C=O) groups excluding carboxylic acids is 1. The summed E-state index contributed by atoms with van der Waals surface area (Å²) in [5, 5.41) is 22.8. The summed E-state index contributed by atoms with van der Waals surface area (Å²) in [5.41, 5.74) is 0.712. The number of halogens is 2.